The molecule has 0 saturated heterocycles. The molecule has 0 aromatic rings. The van der Waals surface area contributed by atoms with E-state index in [1.54, 1.807) is 0 Å². The predicted molar refractivity (Wildman–Crippen MR) is 38.5 cm³/mol. The summed E-state index contributed by atoms with van der Waals surface area (Å²) in [5.74, 6) is 0. The van der Waals surface area contributed by atoms with E-state index in [4.69, 9.17) is 0 Å². The summed E-state index contributed by atoms with van der Waals surface area (Å²) in [7, 11) is 0. The Hall–Kier alpha value is -0.240. The normalized spacial score (nSPS) is 26.8. The van der Waals surface area contributed by atoms with Gasteiger partial charge in [0.1, 0.15) is 0 Å². The highest BCUT2D eigenvalue weighted by molar-refractivity contribution is 9.07. The third kappa shape index (κ3) is 1.13. The molecule has 0 amide bonds. The van der Waals surface area contributed by atoms with Crippen molar-refractivity contribution in [3.63, 3.8) is 0 Å². The molecule has 1 unspecified atom stereocenters. The number of allylic oxidation sites excluding steroid dienone is 2. The molecular formula is C6H8BrN. The first kappa shape index (κ1) is 5.89. The number of rotatable bonds is 0. The van der Waals surface area contributed by atoms with Crippen molar-refractivity contribution in [3.8, 4) is 0 Å². The summed E-state index contributed by atoms with van der Waals surface area (Å²) in [5.41, 5.74) is 0. The number of halogens is 1. The van der Waals surface area contributed by atoms with Crippen LogP contribution >= 0.6 is 16.1 Å². The molecule has 1 heterocycles. The van der Waals surface area contributed by atoms with Crippen molar-refractivity contribution < 1.29 is 0 Å². The standard InChI is InChI=1S/C6H8BrN/c1-6-4-2-3-5-8(6)7/h2-6H,1H3. The van der Waals surface area contributed by atoms with Crippen LogP contribution in [0.1, 0.15) is 6.92 Å². The van der Waals surface area contributed by atoms with E-state index in [1.807, 2.05) is 22.3 Å². The van der Waals surface area contributed by atoms with Crippen molar-refractivity contribution in [3.05, 3.63) is 24.4 Å². The van der Waals surface area contributed by atoms with Gasteiger partial charge in [-0.1, -0.05) is 12.2 Å². The van der Waals surface area contributed by atoms with E-state index in [2.05, 4.69) is 29.1 Å². The average molecular weight is 174 g/mol. The Morgan fingerprint density at radius 2 is 2.25 bits per heavy atom. The molecule has 0 spiro atoms. The van der Waals surface area contributed by atoms with Gasteiger partial charge in [-0.05, 0) is 13.0 Å². The van der Waals surface area contributed by atoms with Crippen molar-refractivity contribution in [1.82, 2.24) is 3.93 Å². The van der Waals surface area contributed by atoms with Gasteiger partial charge < -0.3 is 3.93 Å². The summed E-state index contributed by atoms with van der Waals surface area (Å²) in [6.07, 6.45) is 8.15. The van der Waals surface area contributed by atoms with E-state index in [9.17, 15) is 0 Å². The average Bonchev–Trinajstić information content (AvgIpc) is 1.77. The van der Waals surface area contributed by atoms with E-state index in [0.29, 0.717) is 6.04 Å². The van der Waals surface area contributed by atoms with Crippen LogP contribution in [0, 0.1) is 0 Å². The Balaban J connectivity index is 2.59. The summed E-state index contributed by atoms with van der Waals surface area (Å²) in [5, 5.41) is 0. The van der Waals surface area contributed by atoms with Gasteiger partial charge in [0.25, 0.3) is 0 Å². The van der Waals surface area contributed by atoms with Crippen molar-refractivity contribution in [1.29, 1.82) is 0 Å². The van der Waals surface area contributed by atoms with Crippen molar-refractivity contribution in [2.75, 3.05) is 0 Å². The molecule has 1 rings (SSSR count). The largest absolute Gasteiger partial charge is 0.309 e. The first-order valence-electron chi connectivity index (χ1n) is 2.60. The van der Waals surface area contributed by atoms with Crippen LogP contribution in [0.15, 0.2) is 24.4 Å². The molecule has 2 heteroatoms. The second-order valence-corrected chi connectivity index (χ2v) is 2.63. The highest BCUT2D eigenvalue weighted by Gasteiger charge is 2.02. The summed E-state index contributed by atoms with van der Waals surface area (Å²) in [6, 6.07) is 0.486. The van der Waals surface area contributed by atoms with Crippen molar-refractivity contribution >= 4 is 16.1 Å². The lowest BCUT2D eigenvalue weighted by Crippen LogP contribution is -2.16. The number of hydrogen-bond donors (Lipinski definition) is 0. The predicted octanol–water partition coefficient (Wildman–Crippen LogP) is 2.07. The van der Waals surface area contributed by atoms with Crippen LogP contribution in [0.4, 0.5) is 0 Å². The summed E-state index contributed by atoms with van der Waals surface area (Å²) < 4.78 is 1.98. The lowest BCUT2D eigenvalue weighted by Gasteiger charge is -2.18. The molecule has 8 heavy (non-hydrogen) atoms. The van der Waals surface area contributed by atoms with Gasteiger partial charge in [-0.25, -0.2) is 0 Å². The Labute approximate surface area is 58.0 Å². The Morgan fingerprint density at radius 3 is 2.62 bits per heavy atom. The fraction of sp³-hybridized carbons (Fsp3) is 0.333. The van der Waals surface area contributed by atoms with Gasteiger partial charge in [0.05, 0.1) is 6.04 Å². The second-order valence-electron chi connectivity index (χ2n) is 1.81. The molecule has 1 atom stereocenters. The van der Waals surface area contributed by atoms with Gasteiger partial charge in [0.2, 0.25) is 0 Å². The molecule has 0 aliphatic carbocycles. The maximum Gasteiger partial charge on any atom is 0.0555 e. The van der Waals surface area contributed by atoms with Gasteiger partial charge in [-0.2, -0.15) is 0 Å². The zero-order valence-electron chi connectivity index (χ0n) is 4.71. The summed E-state index contributed by atoms with van der Waals surface area (Å²) in [6.45, 7) is 2.12. The van der Waals surface area contributed by atoms with E-state index >= 15 is 0 Å². The van der Waals surface area contributed by atoms with E-state index in [0.717, 1.165) is 0 Å². The van der Waals surface area contributed by atoms with Gasteiger partial charge in [0, 0.05) is 22.3 Å². The highest BCUT2D eigenvalue weighted by atomic mass is 79.9. The molecule has 0 fully saturated rings. The molecular weight excluding hydrogens is 166 g/mol. The maximum absolute atomic E-state index is 3.35. The van der Waals surface area contributed by atoms with Crippen LogP contribution in [0.3, 0.4) is 0 Å². The van der Waals surface area contributed by atoms with E-state index in [-0.39, 0.29) is 0 Å². The zero-order chi connectivity index (χ0) is 5.98. The molecule has 1 aliphatic heterocycles. The molecule has 0 N–H and O–H groups in total. The quantitative estimate of drug-likeness (QED) is 0.508. The fourth-order valence-electron chi connectivity index (χ4n) is 0.575. The molecule has 0 saturated carbocycles. The third-order valence-corrected chi connectivity index (χ3v) is 2.00. The lowest BCUT2D eigenvalue weighted by molar-refractivity contribution is 0.566. The van der Waals surface area contributed by atoms with Crippen LogP contribution in [0.5, 0.6) is 0 Å². The zero-order valence-corrected chi connectivity index (χ0v) is 6.30. The van der Waals surface area contributed by atoms with E-state index < -0.39 is 0 Å². The summed E-state index contributed by atoms with van der Waals surface area (Å²) in [4.78, 5) is 0. The molecule has 1 nitrogen and oxygen atoms in total. The Morgan fingerprint density at radius 1 is 1.50 bits per heavy atom. The second kappa shape index (κ2) is 2.35. The van der Waals surface area contributed by atoms with Gasteiger partial charge >= 0.3 is 0 Å². The number of hydrogen-bond acceptors (Lipinski definition) is 1. The molecule has 44 valence electrons. The number of nitrogens with zero attached hydrogens (tertiary/aromatic N) is 1. The molecule has 0 radical (unpaired) electrons. The summed E-state index contributed by atoms with van der Waals surface area (Å²) >= 11 is 3.35. The lowest BCUT2D eigenvalue weighted by atomic mass is 10.2. The van der Waals surface area contributed by atoms with Crippen molar-refractivity contribution in [2.45, 2.75) is 13.0 Å². The monoisotopic (exact) mass is 173 g/mol. The van der Waals surface area contributed by atoms with Crippen LogP contribution < -0.4 is 0 Å². The Bertz CT molecular complexity index is 112. The first-order chi connectivity index (χ1) is 3.80. The van der Waals surface area contributed by atoms with Gasteiger partial charge in [-0.3, -0.25) is 0 Å². The SMILES string of the molecule is CC1C=CC=CN1Br. The minimum Gasteiger partial charge on any atom is -0.309 e. The minimum atomic E-state index is 0.486. The third-order valence-electron chi connectivity index (χ3n) is 1.12. The van der Waals surface area contributed by atoms with Crippen LogP contribution in [0.25, 0.3) is 0 Å². The molecule has 0 bridgehead atoms. The van der Waals surface area contributed by atoms with E-state index in [1.165, 1.54) is 0 Å². The van der Waals surface area contributed by atoms with Crippen LogP contribution in [-0.2, 0) is 0 Å². The van der Waals surface area contributed by atoms with Gasteiger partial charge in [0.15, 0.2) is 0 Å². The highest BCUT2D eigenvalue weighted by Crippen LogP contribution is 2.11. The molecule has 0 aromatic heterocycles. The van der Waals surface area contributed by atoms with Crippen LogP contribution in [-0.4, -0.2) is 9.97 Å². The van der Waals surface area contributed by atoms with Crippen molar-refractivity contribution in [2.24, 2.45) is 0 Å². The molecule has 0 aromatic carbocycles. The van der Waals surface area contributed by atoms with Gasteiger partial charge in [-0.15, -0.1) is 0 Å². The maximum atomic E-state index is 3.35. The minimum absolute atomic E-state index is 0.486. The smallest absolute Gasteiger partial charge is 0.0555 e. The van der Waals surface area contributed by atoms with Crippen LogP contribution in [0.2, 0.25) is 0 Å². The topological polar surface area (TPSA) is 3.24 Å². The Kier molecular flexibility index (Phi) is 1.73. The fourth-order valence-corrected chi connectivity index (χ4v) is 0.848. The first-order valence-corrected chi connectivity index (χ1v) is 3.31. The molecule has 1 aliphatic rings.